The molecule has 1 aromatic carbocycles. The Kier molecular flexibility index (Phi) is 4.57. The fraction of sp³-hybridized carbons (Fsp3) is 0.500. The molecule has 2 unspecified atom stereocenters. The van der Waals surface area contributed by atoms with Gasteiger partial charge < -0.3 is 5.11 Å². The van der Waals surface area contributed by atoms with Gasteiger partial charge in [0, 0.05) is 6.07 Å². The average Bonchev–Trinajstić information content (AvgIpc) is 2.27. The smallest absolute Gasteiger partial charge is 0.304 e. The van der Waals surface area contributed by atoms with Crippen LogP contribution in [-0.4, -0.2) is 16.1 Å². The third-order valence-corrected chi connectivity index (χ3v) is 2.84. The van der Waals surface area contributed by atoms with E-state index in [9.17, 15) is 19.6 Å². The summed E-state index contributed by atoms with van der Waals surface area (Å²) in [5.74, 6) is -0.827. The van der Waals surface area contributed by atoms with Gasteiger partial charge in [0.15, 0.2) is 0 Å². The highest BCUT2D eigenvalue weighted by atomic mass is 19.1. The van der Waals surface area contributed by atoms with E-state index in [-0.39, 0.29) is 5.92 Å². The lowest BCUT2D eigenvalue weighted by atomic mass is 9.94. The van der Waals surface area contributed by atoms with E-state index >= 15 is 0 Å². The Morgan fingerprint density at radius 2 is 2.18 bits per heavy atom. The van der Waals surface area contributed by atoms with Crippen LogP contribution in [0.5, 0.6) is 0 Å². The number of hydrogen-bond acceptors (Lipinski definition) is 3. The van der Waals surface area contributed by atoms with Crippen LogP contribution >= 0.6 is 0 Å². The maximum atomic E-state index is 13.3. The van der Waals surface area contributed by atoms with E-state index in [1.807, 2.05) is 13.8 Å². The molecule has 0 aromatic heterocycles. The molecule has 0 radical (unpaired) electrons. The van der Waals surface area contributed by atoms with Crippen LogP contribution in [0.3, 0.4) is 0 Å². The molecule has 0 spiro atoms. The van der Waals surface area contributed by atoms with Crippen LogP contribution in [0.4, 0.5) is 10.1 Å². The molecule has 0 heterocycles. The minimum absolute atomic E-state index is 0.000793. The number of rotatable bonds is 5. The van der Waals surface area contributed by atoms with Gasteiger partial charge in [-0.3, -0.25) is 10.1 Å². The first-order valence-corrected chi connectivity index (χ1v) is 5.56. The van der Waals surface area contributed by atoms with Gasteiger partial charge in [0.25, 0.3) is 0 Å². The largest absolute Gasteiger partial charge is 0.393 e. The molecule has 1 aromatic rings. The van der Waals surface area contributed by atoms with Gasteiger partial charge in [-0.05, 0) is 30.4 Å². The first-order valence-electron chi connectivity index (χ1n) is 5.56. The van der Waals surface area contributed by atoms with Crippen LogP contribution in [0.2, 0.25) is 0 Å². The molecule has 1 N–H and O–H groups in total. The summed E-state index contributed by atoms with van der Waals surface area (Å²) < 4.78 is 13.3. The van der Waals surface area contributed by atoms with Crippen molar-refractivity contribution in [2.75, 3.05) is 0 Å². The van der Waals surface area contributed by atoms with Gasteiger partial charge in [-0.1, -0.05) is 19.9 Å². The Balaban J connectivity index is 2.81. The SMILES string of the molecule is CCC(O)C(C)Cc1ccc([N+](=O)[O-])c(F)c1. The van der Waals surface area contributed by atoms with Crippen molar-refractivity contribution in [3.05, 3.63) is 39.7 Å². The topological polar surface area (TPSA) is 63.4 Å². The number of hydrogen-bond donors (Lipinski definition) is 1. The molecule has 0 bridgehead atoms. The van der Waals surface area contributed by atoms with Gasteiger partial charge in [0.2, 0.25) is 5.82 Å². The standard InChI is InChI=1S/C12H16FNO3/c1-3-12(15)8(2)6-9-4-5-11(14(16)17)10(13)7-9/h4-5,7-8,12,15H,3,6H2,1-2H3. The average molecular weight is 241 g/mol. The highest BCUT2D eigenvalue weighted by molar-refractivity contribution is 5.35. The van der Waals surface area contributed by atoms with Crippen molar-refractivity contribution in [3.8, 4) is 0 Å². The van der Waals surface area contributed by atoms with Gasteiger partial charge in [-0.2, -0.15) is 4.39 Å². The van der Waals surface area contributed by atoms with Crippen LogP contribution in [-0.2, 0) is 6.42 Å². The second-order valence-corrected chi connectivity index (χ2v) is 4.20. The molecule has 0 amide bonds. The van der Waals surface area contributed by atoms with E-state index in [1.165, 1.54) is 6.07 Å². The summed E-state index contributed by atoms with van der Waals surface area (Å²) in [6.07, 6.45) is 0.703. The summed E-state index contributed by atoms with van der Waals surface area (Å²) >= 11 is 0. The predicted octanol–water partition coefficient (Wildman–Crippen LogP) is 2.68. The summed E-state index contributed by atoms with van der Waals surface area (Å²) in [7, 11) is 0. The molecule has 1 rings (SSSR count). The van der Waals surface area contributed by atoms with Gasteiger partial charge in [0.05, 0.1) is 11.0 Å². The maximum absolute atomic E-state index is 13.3. The Morgan fingerprint density at radius 1 is 1.53 bits per heavy atom. The van der Waals surface area contributed by atoms with E-state index in [0.29, 0.717) is 18.4 Å². The fourth-order valence-corrected chi connectivity index (χ4v) is 1.74. The number of nitrogens with zero attached hydrogens (tertiary/aromatic N) is 1. The summed E-state index contributed by atoms with van der Waals surface area (Å²) in [5.41, 5.74) is 0.144. The Labute approximate surface area is 99.2 Å². The maximum Gasteiger partial charge on any atom is 0.304 e. The van der Waals surface area contributed by atoms with Crippen molar-refractivity contribution in [3.63, 3.8) is 0 Å². The second-order valence-electron chi connectivity index (χ2n) is 4.20. The van der Waals surface area contributed by atoms with Crippen molar-refractivity contribution in [2.24, 2.45) is 5.92 Å². The molecular weight excluding hydrogens is 225 g/mol. The molecule has 5 heteroatoms. The van der Waals surface area contributed by atoms with Crippen LogP contribution in [0.15, 0.2) is 18.2 Å². The number of nitro benzene ring substituents is 1. The number of nitro groups is 1. The molecule has 0 aliphatic rings. The summed E-state index contributed by atoms with van der Waals surface area (Å²) in [5, 5.41) is 20.0. The summed E-state index contributed by atoms with van der Waals surface area (Å²) in [4.78, 5) is 9.69. The lowest BCUT2D eigenvalue weighted by molar-refractivity contribution is -0.387. The zero-order valence-corrected chi connectivity index (χ0v) is 9.89. The highest BCUT2D eigenvalue weighted by Crippen LogP contribution is 2.21. The first-order chi connectivity index (χ1) is 7.95. The normalized spacial score (nSPS) is 14.4. The lowest BCUT2D eigenvalue weighted by Crippen LogP contribution is -2.18. The molecule has 0 aliphatic carbocycles. The minimum atomic E-state index is -0.828. The summed E-state index contributed by atoms with van der Waals surface area (Å²) in [6, 6.07) is 3.85. The van der Waals surface area contributed by atoms with E-state index in [4.69, 9.17) is 0 Å². The Hall–Kier alpha value is -1.49. The van der Waals surface area contributed by atoms with Gasteiger partial charge in [-0.25, -0.2) is 0 Å². The van der Waals surface area contributed by atoms with Crippen molar-refractivity contribution >= 4 is 5.69 Å². The van der Waals surface area contributed by atoms with Crippen molar-refractivity contribution in [2.45, 2.75) is 32.8 Å². The Morgan fingerprint density at radius 3 is 2.65 bits per heavy atom. The van der Waals surface area contributed by atoms with Gasteiger partial charge in [0.1, 0.15) is 0 Å². The first kappa shape index (κ1) is 13.6. The van der Waals surface area contributed by atoms with Crippen LogP contribution in [0.1, 0.15) is 25.8 Å². The third-order valence-electron chi connectivity index (χ3n) is 2.84. The quantitative estimate of drug-likeness (QED) is 0.636. The second kappa shape index (κ2) is 5.72. The van der Waals surface area contributed by atoms with E-state index in [0.717, 1.165) is 12.1 Å². The van der Waals surface area contributed by atoms with Crippen LogP contribution < -0.4 is 0 Å². The molecule has 2 atom stereocenters. The van der Waals surface area contributed by atoms with Crippen molar-refractivity contribution < 1.29 is 14.4 Å². The molecule has 0 saturated heterocycles. The Bertz CT molecular complexity index is 409. The van der Waals surface area contributed by atoms with E-state index < -0.39 is 22.5 Å². The van der Waals surface area contributed by atoms with Crippen molar-refractivity contribution in [1.29, 1.82) is 0 Å². The monoisotopic (exact) mass is 241 g/mol. The summed E-state index contributed by atoms with van der Waals surface area (Å²) in [6.45, 7) is 3.74. The third kappa shape index (κ3) is 3.49. The molecule has 17 heavy (non-hydrogen) atoms. The van der Waals surface area contributed by atoms with Crippen LogP contribution in [0.25, 0.3) is 0 Å². The van der Waals surface area contributed by atoms with Crippen molar-refractivity contribution in [1.82, 2.24) is 0 Å². The molecular formula is C12H16FNO3. The zero-order chi connectivity index (χ0) is 13.0. The number of halogens is 1. The molecule has 0 saturated carbocycles. The molecule has 0 fully saturated rings. The van der Waals surface area contributed by atoms with Gasteiger partial charge in [-0.15, -0.1) is 0 Å². The highest BCUT2D eigenvalue weighted by Gasteiger charge is 2.17. The molecule has 0 aliphatic heterocycles. The predicted molar refractivity (Wildman–Crippen MR) is 62.2 cm³/mol. The number of benzene rings is 1. The number of aliphatic hydroxyl groups is 1. The lowest BCUT2D eigenvalue weighted by Gasteiger charge is -2.16. The molecule has 4 nitrogen and oxygen atoms in total. The van der Waals surface area contributed by atoms with E-state index in [2.05, 4.69) is 0 Å². The van der Waals surface area contributed by atoms with E-state index in [1.54, 1.807) is 0 Å². The minimum Gasteiger partial charge on any atom is -0.393 e. The fourth-order valence-electron chi connectivity index (χ4n) is 1.74. The van der Waals surface area contributed by atoms with Crippen LogP contribution in [0, 0.1) is 21.8 Å². The molecule has 94 valence electrons. The van der Waals surface area contributed by atoms with Gasteiger partial charge >= 0.3 is 5.69 Å². The number of aliphatic hydroxyl groups excluding tert-OH is 1. The zero-order valence-electron chi connectivity index (χ0n) is 9.89.